The number of nitrogens with zero attached hydrogens (tertiary/aromatic N) is 3. The van der Waals surface area contributed by atoms with Crippen LogP contribution in [-0.2, 0) is 6.18 Å². The van der Waals surface area contributed by atoms with E-state index in [-0.39, 0.29) is 24.1 Å². The number of rotatable bonds is 3. The molecular formula is C18H13ClF3N5O. The van der Waals surface area contributed by atoms with Crippen molar-refractivity contribution in [3.8, 4) is 22.8 Å². The molecule has 28 heavy (non-hydrogen) atoms. The first kappa shape index (κ1) is 19.4. The van der Waals surface area contributed by atoms with Gasteiger partial charge in [0.05, 0.1) is 16.6 Å². The molecule has 0 saturated heterocycles. The predicted molar refractivity (Wildman–Crippen MR) is 100 cm³/mol. The average Bonchev–Trinajstić information content (AvgIpc) is 3.06. The van der Waals surface area contributed by atoms with E-state index in [1.165, 1.54) is 24.5 Å². The summed E-state index contributed by atoms with van der Waals surface area (Å²) in [7, 11) is 0. The fourth-order valence-electron chi connectivity index (χ4n) is 2.70. The van der Waals surface area contributed by atoms with E-state index in [1.807, 2.05) is 0 Å². The van der Waals surface area contributed by atoms with Crippen LogP contribution in [0, 0.1) is 0 Å². The van der Waals surface area contributed by atoms with E-state index in [1.54, 1.807) is 18.3 Å². The molecule has 0 fully saturated rings. The van der Waals surface area contributed by atoms with E-state index < -0.39 is 11.7 Å². The molecule has 0 aliphatic rings. The average molecular weight is 408 g/mol. The third-order valence-corrected chi connectivity index (χ3v) is 3.87. The number of fused-ring (bicyclic) bond motifs is 1. The molecule has 6 nitrogen and oxygen atoms in total. The Kier molecular flexibility index (Phi) is 5.10. The molecule has 3 aromatic heterocycles. The Balaban J connectivity index is 0.00000225. The van der Waals surface area contributed by atoms with E-state index in [2.05, 4.69) is 19.9 Å². The molecule has 10 heteroatoms. The third kappa shape index (κ3) is 3.70. The van der Waals surface area contributed by atoms with Gasteiger partial charge in [0.25, 0.3) is 0 Å². The highest BCUT2D eigenvalue weighted by Crippen LogP contribution is 2.37. The summed E-state index contributed by atoms with van der Waals surface area (Å²) in [6.07, 6.45) is 0.239. The first-order valence-corrected chi connectivity index (χ1v) is 7.82. The van der Waals surface area contributed by atoms with E-state index in [0.29, 0.717) is 28.0 Å². The van der Waals surface area contributed by atoms with Crippen LogP contribution >= 0.6 is 12.4 Å². The summed E-state index contributed by atoms with van der Waals surface area (Å²) in [5.74, 6) is 0.505. The van der Waals surface area contributed by atoms with Gasteiger partial charge < -0.3 is 15.5 Å². The Morgan fingerprint density at radius 3 is 2.57 bits per heavy atom. The zero-order chi connectivity index (χ0) is 19.0. The van der Waals surface area contributed by atoms with Crippen molar-refractivity contribution in [2.24, 2.45) is 0 Å². The standard InChI is InChI=1S/C18H12F3N5O.ClH/c19-18(20,21)10-2-1-3-11(8-10)27-14-5-7-23-16-15(14)12(9-25-16)13-4-6-24-17(22)26-13;/h1-9H,(H,23,25)(H2,22,24,26);1H. The molecule has 3 N–H and O–H groups in total. The van der Waals surface area contributed by atoms with Crippen molar-refractivity contribution in [3.05, 3.63) is 60.6 Å². The number of pyridine rings is 1. The van der Waals surface area contributed by atoms with Gasteiger partial charge in [-0.25, -0.2) is 15.0 Å². The van der Waals surface area contributed by atoms with Gasteiger partial charge in [0.2, 0.25) is 5.95 Å². The summed E-state index contributed by atoms with van der Waals surface area (Å²) >= 11 is 0. The number of H-pyrrole nitrogens is 1. The van der Waals surface area contributed by atoms with Gasteiger partial charge in [-0.3, -0.25) is 0 Å². The number of nitrogens with one attached hydrogen (secondary N) is 1. The van der Waals surface area contributed by atoms with Crippen LogP contribution in [0.15, 0.2) is 55.0 Å². The number of benzene rings is 1. The van der Waals surface area contributed by atoms with Crippen molar-refractivity contribution in [3.63, 3.8) is 0 Å². The van der Waals surface area contributed by atoms with Crippen molar-refractivity contribution in [1.82, 2.24) is 19.9 Å². The Labute approximate surface area is 163 Å². The molecule has 4 aromatic rings. The molecule has 0 spiro atoms. The van der Waals surface area contributed by atoms with Gasteiger partial charge >= 0.3 is 6.18 Å². The van der Waals surface area contributed by atoms with Crippen molar-refractivity contribution in [1.29, 1.82) is 0 Å². The first-order valence-electron chi connectivity index (χ1n) is 7.82. The summed E-state index contributed by atoms with van der Waals surface area (Å²) in [6, 6.07) is 7.92. The van der Waals surface area contributed by atoms with Gasteiger partial charge in [0.15, 0.2) is 0 Å². The Morgan fingerprint density at radius 2 is 1.82 bits per heavy atom. The summed E-state index contributed by atoms with van der Waals surface area (Å²) in [6.45, 7) is 0. The second kappa shape index (κ2) is 7.35. The van der Waals surface area contributed by atoms with Crippen molar-refractivity contribution < 1.29 is 17.9 Å². The van der Waals surface area contributed by atoms with E-state index in [9.17, 15) is 13.2 Å². The summed E-state index contributed by atoms with van der Waals surface area (Å²) < 4.78 is 44.6. The van der Waals surface area contributed by atoms with Crippen molar-refractivity contribution in [2.45, 2.75) is 6.18 Å². The Hall–Kier alpha value is -3.33. The fourth-order valence-corrected chi connectivity index (χ4v) is 2.70. The molecule has 0 radical (unpaired) electrons. The van der Waals surface area contributed by atoms with Crippen LogP contribution in [0.3, 0.4) is 0 Å². The van der Waals surface area contributed by atoms with Gasteiger partial charge in [0, 0.05) is 24.2 Å². The quantitative estimate of drug-likeness (QED) is 0.507. The summed E-state index contributed by atoms with van der Waals surface area (Å²) in [5.41, 5.74) is 6.54. The van der Waals surface area contributed by atoms with Gasteiger partial charge in [-0.1, -0.05) is 6.07 Å². The molecule has 1 aromatic carbocycles. The lowest BCUT2D eigenvalue weighted by Crippen LogP contribution is -2.04. The number of nitrogen functional groups attached to an aromatic ring is 1. The van der Waals surface area contributed by atoms with Gasteiger partial charge in [-0.05, 0) is 30.3 Å². The molecule has 0 aliphatic carbocycles. The molecular weight excluding hydrogens is 395 g/mol. The minimum atomic E-state index is -4.45. The number of aromatic nitrogens is 4. The lowest BCUT2D eigenvalue weighted by Gasteiger charge is -2.11. The minimum absolute atomic E-state index is 0. The predicted octanol–water partition coefficient (Wildman–Crippen LogP) is 4.84. The maximum atomic E-state index is 12.9. The number of hydrogen-bond acceptors (Lipinski definition) is 5. The van der Waals surface area contributed by atoms with Crippen LogP contribution in [0.2, 0.25) is 0 Å². The van der Waals surface area contributed by atoms with Gasteiger partial charge in [-0.2, -0.15) is 13.2 Å². The number of alkyl halides is 3. The highest BCUT2D eigenvalue weighted by atomic mass is 35.5. The van der Waals surface area contributed by atoms with Crippen LogP contribution in [0.25, 0.3) is 22.3 Å². The molecule has 144 valence electrons. The maximum Gasteiger partial charge on any atom is 0.416 e. The third-order valence-electron chi connectivity index (χ3n) is 3.87. The first-order chi connectivity index (χ1) is 12.9. The smallest absolute Gasteiger partial charge is 0.416 e. The topological polar surface area (TPSA) is 89.7 Å². The monoisotopic (exact) mass is 407 g/mol. The highest BCUT2D eigenvalue weighted by Gasteiger charge is 2.30. The Bertz CT molecular complexity index is 1130. The van der Waals surface area contributed by atoms with Crippen molar-refractivity contribution in [2.75, 3.05) is 5.73 Å². The van der Waals surface area contributed by atoms with Gasteiger partial charge in [-0.15, -0.1) is 12.4 Å². The molecule has 0 amide bonds. The number of ether oxygens (including phenoxy) is 1. The largest absolute Gasteiger partial charge is 0.457 e. The molecule has 0 unspecified atom stereocenters. The van der Waals surface area contributed by atoms with Gasteiger partial charge in [0.1, 0.15) is 17.1 Å². The fraction of sp³-hybridized carbons (Fsp3) is 0.0556. The lowest BCUT2D eigenvalue weighted by atomic mass is 10.1. The second-order valence-electron chi connectivity index (χ2n) is 5.66. The SMILES string of the molecule is Cl.Nc1nccc(-c2c[nH]c3nccc(Oc4cccc(C(F)(F)F)c4)c23)n1. The zero-order valence-corrected chi connectivity index (χ0v) is 14.9. The van der Waals surface area contributed by atoms with E-state index in [4.69, 9.17) is 10.5 Å². The molecule has 3 heterocycles. The number of nitrogens with two attached hydrogens (primary N) is 1. The number of hydrogen-bond donors (Lipinski definition) is 2. The van der Waals surface area contributed by atoms with E-state index >= 15 is 0 Å². The van der Waals surface area contributed by atoms with Crippen molar-refractivity contribution >= 4 is 29.4 Å². The summed E-state index contributed by atoms with van der Waals surface area (Å²) in [4.78, 5) is 15.2. The normalized spacial score (nSPS) is 11.2. The van der Waals surface area contributed by atoms with Crippen LogP contribution in [0.4, 0.5) is 19.1 Å². The molecule has 0 aliphatic heterocycles. The maximum absolute atomic E-state index is 12.9. The Morgan fingerprint density at radius 1 is 1.04 bits per heavy atom. The summed E-state index contributed by atoms with van der Waals surface area (Å²) in [5, 5.41) is 0.577. The number of aromatic amines is 1. The second-order valence-corrected chi connectivity index (χ2v) is 5.66. The molecule has 0 atom stereocenters. The van der Waals surface area contributed by atoms with Crippen LogP contribution in [-0.4, -0.2) is 19.9 Å². The number of halogens is 4. The van der Waals surface area contributed by atoms with Crippen LogP contribution in [0.1, 0.15) is 5.56 Å². The number of anilines is 1. The highest BCUT2D eigenvalue weighted by molar-refractivity contribution is 5.97. The van der Waals surface area contributed by atoms with E-state index in [0.717, 1.165) is 12.1 Å². The lowest BCUT2D eigenvalue weighted by molar-refractivity contribution is -0.137. The zero-order valence-electron chi connectivity index (χ0n) is 14.1. The minimum Gasteiger partial charge on any atom is -0.457 e. The molecule has 4 rings (SSSR count). The van der Waals surface area contributed by atoms with Crippen LogP contribution < -0.4 is 10.5 Å². The molecule has 0 saturated carbocycles. The molecule has 0 bridgehead atoms. The van der Waals surface area contributed by atoms with Crippen LogP contribution in [0.5, 0.6) is 11.5 Å².